The van der Waals surface area contributed by atoms with E-state index in [1.54, 1.807) is 0 Å². The van der Waals surface area contributed by atoms with E-state index in [4.69, 9.17) is 4.74 Å². The molecule has 0 heterocycles. The predicted octanol–water partition coefficient (Wildman–Crippen LogP) is 4.32. The van der Waals surface area contributed by atoms with Gasteiger partial charge >= 0.3 is 0 Å². The van der Waals surface area contributed by atoms with Crippen molar-refractivity contribution >= 4 is 0 Å². The third kappa shape index (κ3) is 6.49. The van der Waals surface area contributed by atoms with E-state index in [1.165, 1.54) is 25.0 Å². The fraction of sp³-hybridized carbons (Fsp3) is 0.647. The molecule has 2 nitrogen and oxygen atoms in total. The monoisotopic (exact) mass is 281 g/mol. The molecule has 2 atom stereocenters. The summed E-state index contributed by atoms with van der Waals surface area (Å²) >= 11 is 0. The SMILES string of the molecule is CCCC(C)COC(CNC(C)C)c1ccc(F)cc1. The van der Waals surface area contributed by atoms with Gasteiger partial charge in [-0.1, -0.05) is 46.2 Å². The van der Waals surface area contributed by atoms with E-state index in [1.807, 2.05) is 12.1 Å². The lowest BCUT2D eigenvalue weighted by molar-refractivity contribution is 0.0288. The summed E-state index contributed by atoms with van der Waals surface area (Å²) in [4.78, 5) is 0. The summed E-state index contributed by atoms with van der Waals surface area (Å²) in [5, 5.41) is 3.40. The maximum atomic E-state index is 13.0. The number of nitrogens with one attached hydrogen (secondary N) is 1. The molecule has 1 aromatic carbocycles. The van der Waals surface area contributed by atoms with Crippen LogP contribution in [0.4, 0.5) is 4.39 Å². The van der Waals surface area contributed by atoms with E-state index in [9.17, 15) is 4.39 Å². The highest BCUT2D eigenvalue weighted by atomic mass is 19.1. The van der Waals surface area contributed by atoms with Gasteiger partial charge in [-0.3, -0.25) is 0 Å². The first-order chi connectivity index (χ1) is 9.52. The van der Waals surface area contributed by atoms with Crippen molar-refractivity contribution in [2.45, 2.75) is 52.7 Å². The van der Waals surface area contributed by atoms with Crippen LogP contribution >= 0.6 is 0 Å². The van der Waals surface area contributed by atoms with Crippen molar-refractivity contribution in [3.63, 3.8) is 0 Å². The molecule has 0 aliphatic rings. The number of hydrogen-bond donors (Lipinski definition) is 1. The number of benzene rings is 1. The molecule has 0 aliphatic carbocycles. The minimum atomic E-state index is -0.205. The summed E-state index contributed by atoms with van der Waals surface area (Å²) in [6, 6.07) is 7.03. The third-order valence-electron chi connectivity index (χ3n) is 3.32. The van der Waals surface area contributed by atoms with E-state index in [2.05, 4.69) is 33.0 Å². The van der Waals surface area contributed by atoms with Gasteiger partial charge in [0.25, 0.3) is 0 Å². The summed E-state index contributed by atoms with van der Waals surface area (Å²) in [5.74, 6) is 0.352. The Morgan fingerprint density at radius 1 is 1.15 bits per heavy atom. The Labute approximate surface area is 122 Å². The Bertz CT molecular complexity index is 364. The first kappa shape index (κ1) is 17.1. The maximum absolute atomic E-state index is 13.0. The second-order valence-electron chi connectivity index (χ2n) is 5.83. The first-order valence-corrected chi connectivity index (χ1v) is 7.63. The Hall–Kier alpha value is -0.930. The van der Waals surface area contributed by atoms with E-state index >= 15 is 0 Å². The van der Waals surface area contributed by atoms with Crippen molar-refractivity contribution in [3.8, 4) is 0 Å². The molecule has 0 fully saturated rings. The molecule has 0 aliphatic heterocycles. The van der Waals surface area contributed by atoms with Gasteiger partial charge in [0.15, 0.2) is 0 Å². The van der Waals surface area contributed by atoms with E-state index in [0.717, 1.165) is 18.7 Å². The molecule has 0 saturated carbocycles. The molecular weight excluding hydrogens is 253 g/mol. The van der Waals surface area contributed by atoms with Crippen LogP contribution in [0.15, 0.2) is 24.3 Å². The van der Waals surface area contributed by atoms with Crippen LogP contribution in [0.5, 0.6) is 0 Å². The molecular formula is C17H28FNO. The smallest absolute Gasteiger partial charge is 0.123 e. The molecule has 0 spiro atoms. The number of ether oxygens (including phenoxy) is 1. The van der Waals surface area contributed by atoms with Gasteiger partial charge in [-0.2, -0.15) is 0 Å². The zero-order chi connectivity index (χ0) is 15.0. The van der Waals surface area contributed by atoms with Crippen molar-refractivity contribution in [2.24, 2.45) is 5.92 Å². The lowest BCUT2D eigenvalue weighted by Gasteiger charge is -2.22. The zero-order valence-corrected chi connectivity index (χ0v) is 13.2. The summed E-state index contributed by atoms with van der Waals surface area (Å²) in [6.45, 7) is 10.1. The van der Waals surface area contributed by atoms with Crippen LogP contribution in [0.3, 0.4) is 0 Å². The number of halogens is 1. The van der Waals surface area contributed by atoms with Crippen molar-refractivity contribution in [2.75, 3.05) is 13.2 Å². The lowest BCUT2D eigenvalue weighted by Crippen LogP contribution is -2.29. The topological polar surface area (TPSA) is 21.3 Å². The first-order valence-electron chi connectivity index (χ1n) is 7.63. The minimum Gasteiger partial charge on any atom is -0.372 e. The quantitative estimate of drug-likeness (QED) is 0.728. The van der Waals surface area contributed by atoms with Crippen molar-refractivity contribution in [1.82, 2.24) is 5.32 Å². The second kappa shape index (κ2) is 9.09. The minimum absolute atomic E-state index is 0.0164. The fourth-order valence-electron chi connectivity index (χ4n) is 2.15. The normalized spacial score (nSPS) is 14.5. The van der Waals surface area contributed by atoms with E-state index < -0.39 is 0 Å². The van der Waals surface area contributed by atoms with Crippen LogP contribution in [0.25, 0.3) is 0 Å². The van der Waals surface area contributed by atoms with Crippen molar-refractivity contribution in [1.29, 1.82) is 0 Å². The average Bonchev–Trinajstić information content (AvgIpc) is 2.40. The Kier molecular flexibility index (Phi) is 7.78. The van der Waals surface area contributed by atoms with Crippen LogP contribution in [0.2, 0.25) is 0 Å². The van der Waals surface area contributed by atoms with E-state index in [-0.39, 0.29) is 11.9 Å². The average molecular weight is 281 g/mol. The molecule has 2 unspecified atom stereocenters. The lowest BCUT2D eigenvalue weighted by atomic mass is 10.1. The third-order valence-corrected chi connectivity index (χ3v) is 3.32. The van der Waals surface area contributed by atoms with Crippen LogP contribution in [-0.2, 0) is 4.74 Å². The molecule has 0 radical (unpaired) electrons. The molecule has 0 bridgehead atoms. The highest BCUT2D eigenvalue weighted by molar-refractivity contribution is 5.19. The molecule has 114 valence electrons. The molecule has 20 heavy (non-hydrogen) atoms. The summed E-state index contributed by atoms with van der Waals surface area (Å²) in [5.41, 5.74) is 1.03. The Morgan fingerprint density at radius 3 is 2.35 bits per heavy atom. The van der Waals surface area contributed by atoms with Crippen molar-refractivity contribution < 1.29 is 9.13 Å². The fourth-order valence-corrected chi connectivity index (χ4v) is 2.15. The standard InChI is InChI=1S/C17H28FNO/c1-5-6-14(4)12-20-17(11-19-13(2)3)15-7-9-16(18)10-8-15/h7-10,13-14,17,19H,5-6,11-12H2,1-4H3. The molecule has 1 aromatic rings. The van der Waals surface area contributed by atoms with Gasteiger partial charge < -0.3 is 10.1 Å². The highest BCUT2D eigenvalue weighted by Gasteiger charge is 2.14. The molecule has 0 saturated heterocycles. The van der Waals surface area contributed by atoms with Crippen molar-refractivity contribution in [3.05, 3.63) is 35.6 Å². The molecule has 0 aromatic heterocycles. The van der Waals surface area contributed by atoms with E-state index in [0.29, 0.717) is 12.0 Å². The highest BCUT2D eigenvalue weighted by Crippen LogP contribution is 2.19. The van der Waals surface area contributed by atoms with Gasteiger partial charge in [-0.15, -0.1) is 0 Å². The summed E-state index contributed by atoms with van der Waals surface area (Å²) < 4.78 is 19.1. The second-order valence-corrected chi connectivity index (χ2v) is 5.83. The number of rotatable bonds is 9. The molecule has 0 amide bonds. The van der Waals surface area contributed by atoms with Gasteiger partial charge in [0.1, 0.15) is 5.82 Å². The Balaban J connectivity index is 2.62. The van der Waals surface area contributed by atoms with Crippen LogP contribution in [0.1, 0.15) is 52.2 Å². The largest absolute Gasteiger partial charge is 0.372 e. The molecule has 3 heteroatoms. The Morgan fingerprint density at radius 2 is 1.80 bits per heavy atom. The summed E-state index contributed by atoms with van der Waals surface area (Å²) in [7, 11) is 0. The number of hydrogen-bond acceptors (Lipinski definition) is 2. The van der Waals surface area contributed by atoms with Crippen LogP contribution < -0.4 is 5.32 Å². The van der Waals surface area contributed by atoms with Gasteiger partial charge in [0, 0.05) is 12.6 Å². The zero-order valence-electron chi connectivity index (χ0n) is 13.2. The maximum Gasteiger partial charge on any atom is 0.123 e. The van der Waals surface area contributed by atoms with Crippen LogP contribution in [0, 0.1) is 11.7 Å². The van der Waals surface area contributed by atoms with Gasteiger partial charge in [-0.25, -0.2) is 4.39 Å². The van der Waals surface area contributed by atoms with Crippen LogP contribution in [-0.4, -0.2) is 19.2 Å². The predicted molar refractivity (Wildman–Crippen MR) is 82.3 cm³/mol. The molecule has 1 rings (SSSR count). The van der Waals surface area contributed by atoms with Gasteiger partial charge in [-0.05, 0) is 30.0 Å². The molecule has 1 N–H and O–H groups in total. The van der Waals surface area contributed by atoms with Gasteiger partial charge in [0.05, 0.1) is 12.7 Å². The summed E-state index contributed by atoms with van der Waals surface area (Å²) in [6.07, 6.45) is 2.33. The van der Waals surface area contributed by atoms with Gasteiger partial charge in [0.2, 0.25) is 0 Å².